The summed E-state index contributed by atoms with van der Waals surface area (Å²) in [5, 5.41) is 8.82. The molecule has 9 heteroatoms. The second-order valence-corrected chi connectivity index (χ2v) is 11.2. The predicted molar refractivity (Wildman–Crippen MR) is 134 cm³/mol. The van der Waals surface area contributed by atoms with E-state index in [0.717, 1.165) is 43.7 Å². The van der Waals surface area contributed by atoms with Gasteiger partial charge in [0.25, 0.3) is 0 Å². The summed E-state index contributed by atoms with van der Waals surface area (Å²) in [4.78, 5) is 13.0. The molecule has 1 atom stereocenters. The minimum absolute atomic E-state index is 0.0288. The molecule has 2 aromatic carbocycles. The van der Waals surface area contributed by atoms with Crippen LogP contribution in [0, 0.1) is 5.41 Å². The molecule has 0 aliphatic carbocycles. The van der Waals surface area contributed by atoms with Crippen molar-refractivity contribution in [2.75, 3.05) is 22.9 Å². The Bertz CT molecular complexity index is 1150. The molecule has 1 aliphatic rings. The third kappa shape index (κ3) is 5.70. The number of nitrogens with two attached hydrogens (primary N) is 1. The fraction of sp³-hybridized carbons (Fsp3) is 0.375. The average Bonchev–Trinajstić information content (AvgIpc) is 2.85. The third-order valence-electron chi connectivity index (χ3n) is 6.05. The molecular formula is C24H29BrN2O5S. The van der Waals surface area contributed by atoms with Crippen LogP contribution in [0.2, 0.25) is 0 Å². The van der Waals surface area contributed by atoms with Crippen molar-refractivity contribution in [3.63, 3.8) is 0 Å². The van der Waals surface area contributed by atoms with Gasteiger partial charge < -0.3 is 20.5 Å². The van der Waals surface area contributed by atoms with Crippen LogP contribution in [0.4, 0.5) is 17.1 Å². The van der Waals surface area contributed by atoms with Gasteiger partial charge in [0.05, 0.1) is 33.1 Å². The fourth-order valence-corrected chi connectivity index (χ4v) is 6.77. The second kappa shape index (κ2) is 10.2. The number of hydrogen-bond donors (Lipinski definition) is 2. The zero-order valence-corrected chi connectivity index (χ0v) is 21.2. The Morgan fingerprint density at radius 1 is 1.27 bits per heavy atom. The summed E-state index contributed by atoms with van der Waals surface area (Å²) in [5.41, 5.74) is 7.50. The summed E-state index contributed by atoms with van der Waals surface area (Å²) in [7, 11) is -3.67. The van der Waals surface area contributed by atoms with E-state index in [1.54, 1.807) is 18.2 Å². The number of carboxylic acids is 1. The Hall–Kier alpha value is -2.52. The first-order chi connectivity index (χ1) is 15.6. The van der Waals surface area contributed by atoms with Crippen molar-refractivity contribution in [3.05, 3.63) is 53.2 Å². The summed E-state index contributed by atoms with van der Waals surface area (Å²) in [5.74, 6) is -0.905. The highest BCUT2D eigenvalue weighted by Crippen LogP contribution is 2.46. The summed E-state index contributed by atoms with van der Waals surface area (Å²) in [6.45, 7) is 4.70. The van der Waals surface area contributed by atoms with Gasteiger partial charge in [-0.05, 0) is 59.1 Å². The standard InChI is InChI=1S/C24H29BrN2O5S/c1-3-5-11-24(4-2)15-27(18-8-6-17(26)7-9-18)20-13-19(25)21(32-12-10-23(28)29)14-22(20)33(30,31)16-24/h6-10,12-14H,3-5,11,15-16,26H2,1-2H3,(H,28,29)/b12-10+. The van der Waals surface area contributed by atoms with Crippen LogP contribution >= 0.6 is 15.9 Å². The van der Waals surface area contributed by atoms with Gasteiger partial charge in [0.2, 0.25) is 0 Å². The van der Waals surface area contributed by atoms with Gasteiger partial charge in [-0.1, -0.05) is 26.7 Å². The van der Waals surface area contributed by atoms with E-state index in [1.165, 1.54) is 6.07 Å². The summed E-state index contributed by atoms with van der Waals surface area (Å²) in [6, 6.07) is 10.6. The third-order valence-corrected chi connectivity index (χ3v) is 8.66. The van der Waals surface area contributed by atoms with Crippen LogP contribution in [-0.2, 0) is 14.6 Å². The SMILES string of the molecule is CCCCC1(CC)CN(c2ccc(N)cc2)c2cc(Br)c(O/C=C/C(=O)O)cc2S(=O)(=O)C1. The number of carbonyl (C=O) groups is 1. The van der Waals surface area contributed by atoms with Gasteiger partial charge in [0, 0.05) is 29.4 Å². The molecule has 3 N–H and O–H groups in total. The lowest BCUT2D eigenvalue weighted by molar-refractivity contribution is -0.131. The molecule has 0 saturated heterocycles. The van der Waals surface area contributed by atoms with Gasteiger partial charge in [0.1, 0.15) is 5.75 Å². The number of hydrogen-bond acceptors (Lipinski definition) is 6. The van der Waals surface area contributed by atoms with Crippen LogP contribution in [0.5, 0.6) is 5.75 Å². The lowest BCUT2D eigenvalue weighted by Crippen LogP contribution is -2.37. The molecule has 178 valence electrons. The van der Waals surface area contributed by atoms with Crippen LogP contribution in [-0.4, -0.2) is 31.8 Å². The Kier molecular flexibility index (Phi) is 7.74. The van der Waals surface area contributed by atoms with Crippen LogP contribution in [0.25, 0.3) is 0 Å². The fourth-order valence-electron chi connectivity index (χ4n) is 4.17. The molecule has 7 nitrogen and oxygen atoms in total. The molecule has 0 saturated carbocycles. The number of fused-ring (bicyclic) bond motifs is 1. The van der Waals surface area contributed by atoms with E-state index in [9.17, 15) is 13.2 Å². The van der Waals surface area contributed by atoms with Crippen molar-refractivity contribution in [1.29, 1.82) is 0 Å². The maximum Gasteiger partial charge on any atom is 0.331 e. The topological polar surface area (TPSA) is 110 Å². The van der Waals surface area contributed by atoms with Crippen molar-refractivity contribution in [3.8, 4) is 5.75 Å². The molecule has 0 bridgehead atoms. The zero-order valence-electron chi connectivity index (χ0n) is 18.8. The van der Waals surface area contributed by atoms with E-state index >= 15 is 0 Å². The Balaban J connectivity index is 2.20. The average molecular weight is 537 g/mol. The number of aliphatic carboxylic acids is 1. The van der Waals surface area contributed by atoms with Gasteiger partial charge in [-0.15, -0.1) is 0 Å². The van der Waals surface area contributed by atoms with Crippen LogP contribution in [0.1, 0.15) is 39.5 Å². The van der Waals surface area contributed by atoms with Gasteiger partial charge in [-0.25, -0.2) is 13.2 Å². The van der Waals surface area contributed by atoms with Crippen LogP contribution in [0.15, 0.2) is 58.1 Å². The van der Waals surface area contributed by atoms with Crippen LogP contribution in [0.3, 0.4) is 0 Å². The number of ether oxygens (including phenoxy) is 1. The highest BCUT2D eigenvalue weighted by molar-refractivity contribution is 9.10. The highest BCUT2D eigenvalue weighted by Gasteiger charge is 2.41. The van der Waals surface area contributed by atoms with Crippen LogP contribution < -0.4 is 15.4 Å². The zero-order chi connectivity index (χ0) is 24.2. The lowest BCUT2D eigenvalue weighted by atomic mass is 9.81. The molecule has 0 amide bonds. The van der Waals surface area contributed by atoms with Crippen molar-refractivity contribution in [2.24, 2.45) is 5.41 Å². The number of unbranched alkanes of at least 4 members (excludes halogenated alkanes) is 1. The Morgan fingerprint density at radius 2 is 1.97 bits per heavy atom. The molecule has 1 unspecified atom stereocenters. The minimum atomic E-state index is -3.67. The van der Waals surface area contributed by atoms with E-state index in [1.807, 2.05) is 24.0 Å². The van der Waals surface area contributed by atoms with E-state index in [0.29, 0.717) is 22.4 Å². The Labute approximate surface area is 203 Å². The number of anilines is 3. The van der Waals surface area contributed by atoms with E-state index in [-0.39, 0.29) is 16.4 Å². The van der Waals surface area contributed by atoms with Gasteiger partial charge in [0.15, 0.2) is 9.84 Å². The number of rotatable bonds is 8. The first-order valence-electron chi connectivity index (χ1n) is 10.9. The molecule has 0 spiro atoms. The number of nitrogens with zero attached hydrogens (tertiary/aromatic N) is 1. The van der Waals surface area contributed by atoms with Gasteiger partial charge in [-0.2, -0.15) is 0 Å². The van der Waals surface area contributed by atoms with Gasteiger partial charge >= 0.3 is 5.97 Å². The lowest BCUT2D eigenvalue weighted by Gasteiger charge is -2.36. The molecule has 33 heavy (non-hydrogen) atoms. The quantitative estimate of drug-likeness (QED) is 0.259. The Morgan fingerprint density at radius 3 is 2.58 bits per heavy atom. The van der Waals surface area contributed by atoms with E-state index in [2.05, 4.69) is 22.9 Å². The number of benzene rings is 2. The predicted octanol–water partition coefficient (Wildman–Crippen LogP) is 5.52. The molecule has 2 aromatic rings. The largest absolute Gasteiger partial charge is 0.478 e. The smallest absolute Gasteiger partial charge is 0.331 e. The maximum absolute atomic E-state index is 13.7. The molecule has 0 aromatic heterocycles. The number of nitrogen functional groups attached to an aromatic ring is 1. The van der Waals surface area contributed by atoms with E-state index < -0.39 is 21.2 Å². The molecule has 3 rings (SSSR count). The number of halogens is 1. The number of sulfone groups is 1. The second-order valence-electron chi connectivity index (χ2n) is 8.40. The highest BCUT2D eigenvalue weighted by atomic mass is 79.9. The molecule has 1 aliphatic heterocycles. The monoisotopic (exact) mass is 536 g/mol. The van der Waals surface area contributed by atoms with Crippen molar-refractivity contribution < 1.29 is 23.1 Å². The van der Waals surface area contributed by atoms with E-state index in [4.69, 9.17) is 15.6 Å². The number of carboxylic acid groups (broad SMARTS) is 1. The first kappa shape index (κ1) is 25.1. The van der Waals surface area contributed by atoms with Crippen molar-refractivity contribution in [1.82, 2.24) is 0 Å². The molecule has 0 radical (unpaired) electrons. The van der Waals surface area contributed by atoms with Crippen molar-refractivity contribution in [2.45, 2.75) is 44.4 Å². The van der Waals surface area contributed by atoms with Crippen molar-refractivity contribution >= 4 is 48.8 Å². The van der Waals surface area contributed by atoms with Gasteiger partial charge in [-0.3, -0.25) is 0 Å². The normalized spacial score (nSPS) is 19.8. The minimum Gasteiger partial charge on any atom is -0.478 e. The first-order valence-corrected chi connectivity index (χ1v) is 13.3. The molecule has 1 heterocycles. The maximum atomic E-state index is 13.7. The summed E-state index contributed by atoms with van der Waals surface area (Å²) < 4.78 is 33.3. The molecule has 0 fully saturated rings. The molecular weight excluding hydrogens is 508 g/mol. The summed E-state index contributed by atoms with van der Waals surface area (Å²) >= 11 is 3.46. The summed E-state index contributed by atoms with van der Waals surface area (Å²) in [6.07, 6.45) is 5.30.